The quantitative estimate of drug-likeness (QED) is 0.185. The Morgan fingerprint density at radius 1 is 0.474 bits per heavy atom. The molecule has 38 heavy (non-hydrogen) atoms. The first-order valence-electron chi connectivity index (χ1n) is 12.2. The van der Waals surface area contributed by atoms with E-state index in [1.54, 1.807) is 60.7 Å². The van der Waals surface area contributed by atoms with E-state index in [1.807, 2.05) is 0 Å². The van der Waals surface area contributed by atoms with Crippen molar-refractivity contribution in [3.05, 3.63) is 95.1 Å². The highest BCUT2D eigenvalue weighted by molar-refractivity contribution is 5.99. The fourth-order valence-electron chi connectivity index (χ4n) is 4.07. The van der Waals surface area contributed by atoms with Crippen LogP contribution in [0.15, 0.2) is 72.8 Å². The van der Waals surface area contributed by atoms with Crippen LogP contribution in [0, 0.1) is 0 Å². The van der Waals surface area contributed by atoms with Gasteiger partial charge in [0.05, 0.1) is 35.5 Å². The lowest BCUT2D eigenvalue weighted by Gasteiger charge is -2.08. The number of aromatic carboxylic acids is 2. The number of benzene rings is 4. The molecule has 0 unspecified atom stereocenters. The van der Waals surface area contributed by atoms with Crippen molar-refractivity contribution in [1.29, 1.82) is 0 Å². The number of hydrogen-bond acceptors (Lipinski definition) is 6. The van der Waals surface area contributed by atoms with Crippen molar-refractivity contribution in [1.82, 2.24) is 0 Å². The molecule has 4 rings (SSSR count). The number of carbonyl (C=O) groups excluding carboxylic acids is 2. The summed E-state index contributed by atoms with van der Waals surface area (Å²) in [5, 5.41) is 21.2. The Bertz CT molecular complexity index is 1410. The van der Waals surface area contributed by atoms with Crippen LogP contribution in [0.5, 0.6) is 0 Å². The first-order valence-corrected chi connectivity index (χ1v) is 12.2. The van der Waals surface area contributed by atoms with E-state index in [0.717, 1.165) is 34.4 Å². The minimum absolute atomic E-state index is 0.189. The lowest BCUT2D eigenvalue weighted by molar-refractivity contribution is 0.0474. The summed E-state index contributed by atoms with van der Waals surface area (Å²) in [5.74, 6) is -2.87. The highest BCUT2D eigenvalue weighted by Gasteiger charge is 2.11. The van der Waals surface area contributed by atoms with Gasteiger partial charge in [-0.05, 0) is 95.8 Å². The Hall–Kier alpha value is -4.72. The summed E-state index contributed by atoms with van der Waals surface area (Å²) in [6.07, 6.45) is 2.97. The van der Waals surface area contributed by atoms with Gasteiger partial charge in [0.2, 0.25) is 0 Å². The number of ether oxygens (including phenoxy) is 2. The maximum atomic E-state index is 12.3. The van der Waals surface area contributed by atoms with E-state index in [4.69, 9.17) is 19.7 Å². The van der Waals surface area contributed by atoms with Gasteiger partial charge in [-0.3, -0.25) is 0 Å². The predicted octanol–water partition coefficient (Wildman–Crippen LogP) is 5.96. The van der Waals surface area contributed by atoms with Crippen molar-refractivity contribution < 1.29 is 38.9 Å². The average Bonchev–Trinajstić information content (AvgIpc) is 2.92. The van der Waals surface area contributed by atoms with Gasteiger partial charge in [0, 0.05) is 0 Å². The summed E-state index contributed by atoms with van der Waals surface area (Å²) in [5.41, 5.74) is 1.19. The van der Waals surface area contributed by atoms with Crippen molar-refractivity contribution in [2.45, 2.75) is 25.7 Å². The molecule has 0 aromatic heterocycles. The van der Waals surface area contributed by atoms with Crippen molar-refractivity contribution in [3.8, 4) is 0 Å². The van der Waals surface area contributed by atoms with E-state index in [1.165, 1.54) is 12.1 Å². The van der Waals surface area contributed by atoms with Gasteiger partial charge in [-0.25, -0.2) is 19.2 Å². The topological polar surface area (TPSA) is 127 Å². The summed E-state index contributed by atoms with van der Waals surface area (Å²) in [7, 11) is 0. The third-order valence-corrected chi connectivity index (χ3v) is 6.15. The molecule has 8 heteroatoms. The molecule has 0 aliphatic rings. The zero-order valence-electron chi connectivity index (χ0n) is 20.5. The zero-order valence-corrected chi connectivity index (χ0v) is 20.5. The standard InChI is InChI=1S/C30H26O8/c31-27(32)23-9-5-21-17-25(11-7-19(21)15-23)29(35)37-13-3-1-2-4-14-38-30(36)26-12-8-20-16-24(28(33)34)10-6-22(20)18-26/h5-12,15-18H,1-4,13-14H2,(H,31,32)(H,33,34). The van der Waals surface area contributed by atoms with Crippen LogP contribution in [0.1, 0.15) is 67.1 Å². The maximum Gasteiger partial charge on any atom is 0.338 e. The minimum Gasteiger partial charge on any atom is -0.478 e. The molecule has 8 nitrogen and oxygen atoms in total. The maximum absolute atomic E-state index is 12.3. The van der Waals surface area contributed by atoms with Crippen molar-refractivity contribution in [2.75, 3.05) is 13.2 Å². The van der Waals surface area contributed by atoms with Gasteiger partial charge >= 0.3 is 23.9 Å². The molecule has 0 amide bonds. The van der Waals surface area contributed by atoms with E-state index < -0.39 is 23.9 Å². The molecule has 0 aliphatic carbocycles. The molecular formula is C30H26O8. The zero-order chi connectivity index (χ0) is 27.1. The predicted molar refractivity (Wildman–Crippen MR) is 141 cm³/mol. The molecular weight excluding hydrogens is 488 g/mol. The van der Waals surface area contributed by atoms with Crippen LogP contribution in [0.25, 0.3) is 21.5 Å². The number of carbonyl (C=O) groups is 4. The van der Waals surface area contributed by atoms with E-state index in [0.29, 0.717) is 24.0 Å². The number of fused-ring (bicyclic) bond motifs is 2. The SMILES string of the molecule is O=C(O)c1ccc2cc(C(=O)OCCCCCCOC(=O)c3ccc4cc(C(=O)O)ccc4c3)ccc2c1. The van der Waals surface area contributed by atoms with Gasteiger partial charge in [-0.15, -0.1) is 0 Å². The molecule has 0 radical (unpaired) electrons. The molecule has 0 heterocycles. The Morgan fingerprint density at radius 2 is 0.789 bits per heavy atom. The molecule has 4 aromatic carbocycles. The van der Waals surface area contributed by atoms with Crippen LogP contribution in [-0.4, -0.2) is 47.3 Å². The van der Waals surface area contributed by atoms with Gasteiger partial charge in [0.1, 0.15) is 0 Å². The molecule has 0 saturated carbocycles. The van der Waals surface area contributed by atoms with Crippen molar-refractivity contribution >= 4 is 45.4 Å². The molecule has 0 bridgehead atoms. The summed E-state index contributed by atoms with van der Waals surface area (Å²) >= 11 is 0. The Balaban J connectivity index is 1.14. The van der Waals surface area contributed by atoms with Crippen LogP contribution >= 0.6 is 0 Å². The lowest BCUT2D eigenvalue weighted by Crippen LogP contribution is -2.07. The molecule has 194 valence electrons. The summed E-state index contributed by atoms with van der Waals surface area (Å²) in [4.78, 5) is 46.9. The van der Waals surface area contributed by atoms with Crippen molar-refractivity contribution in [2.24, 2.45) is 0 Å². The second kappa shape index (κ2) is 12.0. The smallest absolute Gasteiger partial charge is 0.338 e. The molecule has 0 atom stereocenters. The van der Waals surface area contributed by atoms with Gasteiger partial charge < -0.3 is 19.7 Å². The number of carboxylic acid groups (broad SMARTS) is 2. The minimum atomic E-state index is -1.00. The molecule has 4 aromatic rings. The number of carboxylic acids is 2. The molecule has 2 N–H and O–H groups in total. The van der Waals surface area contributed by atoms with E-state index >= 15 is 0 Å². The van der Waals surface area contributed by atoms with Crippen LogP contribution in [0.2, 0.25) is 0 Å². The molecule has 0 fully saturated rings. The normalized spacial score (nSPS) is 10.8. The molecule has 0 spiro atoms. The Labute approximate surface area is 218 Å². The Kier molecular flexibility index (Phi) is 8.33. The monoisotopic (exact) mass is 514 g/mol. The van der Waals surface area contributed by atoms with Gasteiger partial charge in [-0.1, -0.05) is 24.3 Å². The van der Waals surface area contributed by atoms with Crippen LogP contribution in [0.3, 0.4) is 0 Å². The first kappa shape index (κ1) is 26.3. The fraction of sp³-hybridized carbons (Fsp3) is 0.200. The third-order valence-electron chi connectivity index (χ3n) is 6.15. The lowest BCUT2D eigenvalue weighted by atomic mass is 10.0. The number of hydrogen-bond donors (Lipinski definition) is 2. The second-order valence-corrected chi connectivity index (χ2v) is 8.85. The highest BCUT2D eigenvalue weighted by atomic mass is 16.5. The second-order valence-electron chi connectivity index (χ2n) is 8.85. The number of esters is 2. The first-order chi connectivity index (χ1) is 18.3. The van der Waals surface area contributed by atoms with Crippen LogP contribution < -0.4 is 0 Å². The largest absolute Gasteiger partial charge is 0.478 e. The summed E-state index contributed by atoms with van der Waals surface area (Å²) < 4.78 is 10.7. The number of unbranched alkanes of at least 4 members (excludes halogenated alkanes) is 3. The summed E-state index contributed by atoms with van der Waals surface area (Å²) in [6, 6.07) is 19.4. The van der Waals surface area contributed by atoms with Gasteiger partial charge in [-0.2, -0.15) is 0 Å². The van der Waals surface area contributed by atoms with E-state index in [-0.39, 0.29) is 24.3 Å². The third kappa shape index (κ3) is 6.53. The number of rotatable bonds is 11. The fourth-order valence-corrected chi connectivity index (χ4v) is 4.07. The average molecular weight is 515 g/mol. The van der Waals surface area contributed by atoms with E-state index in [2.05, 4.69) is 0 Å². The Morgan fingerprint density at radius 3 is 1.13 bits per heavy atom. The van der Waals surface area contributed by atoms with Crippen LogP contribution in [-0.2, 0) is 9.47 Å². The summed E-state index contributed by atoms with van der Waals surface area (Å²) in [6.45, 7) is 0.546. The van der Waals surface area contributed by atoms with Crippen molar-refractivity contribution in [3.63, 3.8) is 0 Å². The highest BCUT2D eigenvalue weighted by Crippen LogP contribution is 2.20. The molecule has 0 saturated heterocycles. The van der Waals surface area contributed by atoms with E-state index in [9.17, 15) is 19.2 Å². The van der Waals surface area contributed by atoms with Crippen LogP contribution in [0.4, 0.5) is 0 Å². The molecule has 0 aliphatic heterocycles. The van der Waals surface area contributed by atoms with Gasteiger partial charge in [0.25, 0.3) is 0 Å². The van der Waals surface area contributed by atoms with Gasteiger partial charge in [0.15, 0.2) is 0 Å².